The minimum absolute atomic E-state index is 0.0989. The van der Waals surface area contributed by atoms with Gasteiger partial charge in [0, 0.05) is 18.7 Å². The summed E-state index contributed by atoms with van der Waals surface area (Å²) in [4.78, 5) is 0. The molecule has 0 aliphatic rings. The first kappa shape index (κ1) is 14.6. The molecule has 0 saturated heterocycles. The summed E-state index contributed by atoms with van der Waals surface area (Å²) in [7, 11) is 0. The fourth-order valence-corrected chi connectivity index (χ4v) is 1.85. The summed E-state index contributed by atoms with van der Waals surface area (Å²) >= 11 is 3.13. The quantitative estimate of drug-likeness (QED) is 0.846. The molecular formula is C13H19BrFNO. The highest BCUT2D eigenvalue weighted by Gasteiger charge is 2.20. The van der Waals surface area contributed by atoms with Crippen LogP contribution in [0.1, 0.15) is 32.3 Å². The zero-order chi connectivity index (χ0) is 12.9. The van der Waals surface area contributed by atoms with Crippen LogP contribution >= 0.6 is 15.9 Å². The molecule has 96 valence electrons. The lowest BCUT2D eigenvalue weighted by Crippen LogP contribution is -2.42. The Labute approximate surface area is 110 Å². The highest BCUT2D eigenvalue weighted by molar-refractivity contribution is 9.10. The molecule has 0 aliphatic heterocycles. The standard InChI is InChI=1S/C13H19BrFNO/c1-3-13(2,6-7-17)16-9-10-4-5-11(14)12(15)8-10/h4-5,8,16-17H,3,6-7,9H2,1-2H3. The van der Waals surface area contributed by atoms with Crippen LogP contribution in [0.15, 0.2) is 22.7 Å². The molecule has 2 N–H and O–H groups in total. The molecule has 0 bridgehead atoms. The Kier molecular flexibility index (Phi) is 5.56. The van der Waals surface area contributed by atoms with Crippen molar-refractivity contribution < 1.29 is 9.50 Å². The molecule has 1 atom stereocenters. The van der Waals surface area contributed by atoms with Crippen molar-refractivity contribution in [1.29, 1.82) is 0 Å². The zero-order valence-corrected chi connectivity index (χ0v) is 11.8. The number of halogens is 2. The van der Waals surface area contributed by atoms with Crippen LogP contribution in [0, 0.1) is 5.82 Å². The maximum atomic E-state index is 13.3. The highest BCUT2D eigenvalue weighted by Crippen LogP contribution is 2.18. The van der Waals surface area contributed by atoms with E-state index < -0.39 is 0 Å². The van der Waals surface area contributed by atoms with Crippen molar-refractivity contribution in [2.24, 2.45) is 0 Å². The van der Waals surface area contributed by atoms with Crippen LogP contribution < -0.4 is 5.32 Å². The Morgan fingerprint density at radius 3 is 2.71 bits per heavy atom. The molecule has 1 aromatic rings. The van der Waals surface area contributed by atoms with Gasteiger partial charge in [0.1, 0.15) is 5.82 Å². The molecule has 0 amide bonds. The first-order valence-electron chi connectivity index (χ1n) is 5.80. The summed E-state index contributed by atoms with van der Waals surface area (Å²) in [5, 5.41) is 12.4. The van der Waals surface area contributed by atoms with Crippen LogP contribution in [-0.2, 0) is 6.54 Å². The lowest BCUT2D eigenvalue weighted by atomic mass is 9.94. The van der Waals surface area contributed by atoms with E-state index in [0.29, 0.717) is 17.4 Å². The molecule has 1 rings (SSSR count). The highest BCUT2D eigenvalue weighted by atomic mass is 79.9. The van der Waals surface area contributed by atoms with Crippen LogP contribution in [0.4, 0.5) is 4.39 Å². The number of aliphatic hydroxyl groups excluding tert-OH is 1. The van der Waals surface area contributed by atoms with Crippen molar-refractivity contribution >= 4 is 15.9 Å². The van der Waals surface area contributed by atoms with Gasteiger partial charge in [0.05, 0.1) is 4.47 Å². The molecule has 4 heteroatoms. The van der Waals surface area contributed by atoms with Crippen LogP contribution in [0.25, 0.3) is 0 Å². The monoisotopic (exact) mass is 303 g/mol. The van der Waals surface area contributed by atoms with E-state index in [9.17, 15) is 4.39 Å². The Hall–Kier alpha value is -0.450. The van der Waals surface area contributed by atoms with E-state index in [1.54, 1.807) is 6.07 Å². The third kappa shape index (κ3) is 4.37. The molecule has 0 radical (unpaired) electrons. The summed E-state index contributed by atoms with van der Waals surface area (Å²) in [6, 6.07) is 5.11. The zero-order valence-electron chi connectivity index (χ0n) is 10.3. The first-order valence-corrected chi connectivity index (χ1v) is 6.60. The van der Waals surface area contributed by atoms with Gasteiger partial charge in [-0.3, -0.25) is 0 Å². The summed E-state index contributed by atoms with van der Waals surface area (Å²) in [6.45, 7) is 4.91. The third-order valence-electron chi connectivity index (χ3n) is 3.15. The van der Waals surface area contributed by atoms with Gasteiger partial charge in [0.15, 0.2) is 0 Å². The molecule has 2 nitrogen and oxygen atoms in total. The number of hydrogen-bond acceptors (Lipinski definition) is 2. The van der Waals surface area contributed by atoms with E-state index >= 15 is 0 Å². The van der Waals surface area contributed by atoms with Crippen molar-refractivity contribution in [3.05, 3.63) is 34.1 Å². The fourth-order valence-electron chi connectivity index (χ4n) is 1.60. The van der Waals surface area contributed by atoms with Gasteiger partial charge < -0.3 is 10.4 Å². The van der Waals surface area contributed by atoms with Gasteiger partial charge in [-0.05, 0) is 53.4 Å². The van der Waals surface area contributed by atoms with E-state index in [1.807, 2.05) is 6.07 Å². The SMILES string of the molecule is CCC(C)(CCO)NCc1ccc(Br)c(F)c1. The molecule has 0 heterocycles. The number of nitrogens with one attached hydrogen (secondary N) is 1. The first-order chi connectivity index (χ1) is 8.00. The third-order valence-corrected chi connectivity index (χ3v) is 3.79. The molecule has 1 unspecified atom stereocenters. The van der Waals surface area contributed by atoms with Gasteiger partial charge in [-0.25, -0.2) is 4.39 Å². The van der Waals surface area contributed by atoms with Gasteiger partial charge in [0.25, 0.3) is 0 Å². The molecule has 17 heavy (non-hydrogen) atoms. The second kappa shape index (κ2) is 6.47. The number of rotatable bonds is 6. The van der Waals surface area contributed by atoms with Gasteiger partial charge >= 0.3 is 0 Å². The molecular weight excluding hydrogens is 285 g/mol. The van der Waals surface area contributed by atoms with Crippen molar-refractivity contribution in [3.63, 3.8) is 0 Å². The molecule has 1 aromatic carbocycles. The summed E-state index contributed by atoms with van der Waals surface area (Å²) in [5.41, 5.74) is 0.807. The van der Waals surface area contributed by atoms with Crippen LogP contribution in [0.2, 0.25) is 0 Å². The topological polar surface area (TPSA) is 32.3 Å². The smallest absolute Gasteiger partial charge is 0.137 e. The fraction of sp³-hybridized carbons (Fsp3) is 0.538. The minimum atomic E-state index is -0.246. The normalized spacial score (nSPS) is 14.6. The largest absolute Gasteiger partial charge is 0.396 e. The van der Waals surface area contributed by atoms with Crippen molar-refractivity contribution in [3.8, 4) is 0 Å². The second-order valence-corrected chi connectivity index (χ2v) is 5.34. The number of benzene rings is 1. The average molecular weight is 304 g/mol. The maximum Gasteiger partial charge on any atom is 0.137 e. The van der Waals surface area contributed by atoms with Gasteiger partial charge in [-0.2, -0.15) is 0 Å². The van der Waals surface area contributed by atoms with Crippen LogP contribution in [0.5, 0.6) is 0 Å². The van der Waals surface area contributed by atoms with E-state index in [0.717, 1.165) is 12.0 Å². The molecule has 0 aromatic heterocycles. The maximum absolute atomic E-state index is 13.3. The molecule has 0 aliphatic carbocycles. The predicted octanol–water partition coefficient (Wildman–Crippen LogP) is 3.23. The van der Waals surface area contributed by atoms with E-state index in [-0.39, 0.29) is 18.0 Å². The van der Waals surface area contributed by atoms with Crippen LogP contribution in [-0.4, -0.2) is 17.3 Å². The van der Waals surface area contributed by atoms with Gasteiger partial charge in [0.2, 0.25) is 0 Å². The van der Waals surface area contributed by atoms with Gasteiger partial charge in [-0.1, -0.05) is 13.0 Å². The van der Waals surface area contributed by atoms with E-state index in [2.05, 4.69) is 35.1 Å². The number of aliphatic hydroxyl groups is 1. The summed E-state index contributed by atoms with van der Waals surface area (Å²) in [6.07, 6.45) is 1.62. The van der Waals surface area contributed by atoms with Crippen LogP contribution in [0.3, 0.4) is 0 Å². The molecule has 0 spiro atoms. The summed E-state index contributed by atoms with van der Waals surface area (Å²) in [5.74, 6) is -0.246. The predicted molar refractivity (Wildman–Crippen MR) is 71.3 cm³/mol. The second-order valence-electron chi connectivity index (χ2n) is 4.49. The average Bonchev–Trinajstić information content (AvgIpc) is 2.31. The molecule has 0 saturated carbocycles. The van der Waals surface area contributed by atoms with E-state index in [4.69, 9.17) is 5.11 Å². The Balaban J connectivity index is 2.62. The Bertz CT molecular complexity index is 372. The lowest BCUT2D eigenvalue weighted by molar-refractivity contribution is 0.214. The van der Waals surface area contributed by atoms with Crippen molar-refractivity contribution in [1.82, 2.24) is 5.32 Å². The Morgan fingerprint density at radius 2 is 2.18 bits per heavy atom. The van der Waals surface area contributed by atoms with Gasteiger partial charge in [-0.15, -0.1) is 0 Å². The van der Waals surface area contributed by atoms with Crippen molar-refractivity contribution in [2.45, 2.75) is 38.8 Å². The number of hydrogen-bond donors (Lipinski definition) is 2. The molecule has 0 fully saturated rings. The minimum Gasteiger partial charge on any atom is -0.396 e. The lowest BCUT2D eigenvalue weighted by Gasteiger charge is -2.29. The summed E-state index contributed by atoms with van der Waals surface area (Å²) < 4.78 is 13.8. The van der Waals surface area contributed by atoms with E-state index in [1.165, 1.54) is 6.07 Å². The Morgan fingerprint density at radius 1 is 1.47 bits per heavy atom. The van der Waals surface area contributed by atoms with Crippen molar-refractivity contribution in [2.75, 3.05) is 6.61 Å².